The molecule has 0 aliphatic carbocycles. The molecule has 0 amide bonds. The minimum atomic E-state index is -1.20. The minimum absolute atomic E-state index is 0.690. The summed E-state index contributed by atoms with van der Waals surface area (Å²) in [5, 5.41) is 20.6. The van der Waals surface area contributed by atoms with Gasteiger partial charge in [0, 0.05) is 0 Å². The third kappa shape index (κ3) is 3.37. The van der Waals surface area contributed by atoms with Gasteiger partial charge in [-0.15, -0.1) is 0 Å². The van der Waals surface area contributed by atoms with Crippen LogP contribution in [-0.2, 0) is 9.47 Å². The van der Waals surface area contributed by atoms with Crippen molar-refractivity contribution in [2.45, 2.75) is 24.8 Å². The summed E-state index contributed by atoms with van der Waals surface area (Å²) in [5.74, 6) is 1.39. The quantitative estimate of drug-likeness (QED) is 0.893. The third-order valence-corrected chi connectivity index (χ3v) is 3.98. The van der Waals surface area contributed by atoms with Crippen molar-refractivity contribution in [1.29, 1.82) is 0 Å². The van der Waals surface area contributed by atoms with Gasteiger partial charge in [-0.05, 0) is 35.4 Å². The van der Waals surface area contributed by atoms with Gasteiger partial charge in [-0.3, -0.25) is 0 Å². The van der Waals surface area contributed by atoms with Crippen LogP contribution in [0.3, 0.4) is 0 Å². The van der Waals surface area contributed by atoms with E-state index in [2.05, 4.69) is 0 Å². The molecule has 0 saturated carbocycles. The highest BCUT2D eigenvalue weighted by molar-refractivity contribution is 5.30. The molecular weight excluding hydrogens is 312 g/mol. The number of benzene rings is 2. The predicted molar refractivity (Wildman–Crippen MR) is 85.7 cm³/mol. The number of hydrogen-bond donors (Lipinski definition) is 2. The molecule has 3 rings (SSSR count). The van der Waals surface area contributed by atoms with E-state index in [1.807, 2.05) is 0 Å². The fourth-order valence-electron chi connectivity index (χ4n) is 2.65. The van der Waals surface area contributed by atoms with Gasteiger partial charge < -0.3 is 29.2 Å². The van der Waals surface area contributed by atoms with Crippen molar-refractivity contribution in [3.8, 4) is 11.5 Å². The second kappa shape index (κ2) is 7.19. The Morgan fingerprint density at radius 3 is 1.29 bits per heavy atom. The summed E-state index contributed by atoms with van der Waals surface area (Å²) < 4.78 is 21.4. The Morgan fingerprint density at radius 2 is 1.00 bits per heavy atom. The lowest BCUT2D eigenvalue weighted by atomic mass is 10.0. The zero-order chi connectivity index (χ0) is 17.1. The second-order valence-corrected chi connectivity index (χ2v) is 5.44. The van der Waals surface area contributed by atoms with Crippen LogP contribution in [-0.4, -0.2) is 37.0 Å². The topological polar surface area (TPSA) is 77.4 Å². The van der Waals surface area contributed by atoms with E-state index < -0.39 is 24.8 Å². The fourth-order valence-corrected chi connectivity index (χ4v) is 2.65. The molecule has 0 bridgehead atoms. The van der Waals surface area contributed by atoms with Crippen LogP contribution in [0, 0.1) is 0 Å². The number of ether oxygens (including phenoxy) is 4. The SMILES string of the molecule is COc1ccc(C2OC(O)C(c3ccc(OC)cc3)OC2O)cc1. The molecule has 4 atom stereocenters. The molecule has 2 aromatic carbocycles. The molecular formula is C18H20O6. The van der Waals surface area contributed by atoms with E-state index in [-0.39, 0.29) is 0 Å². The van der Waals surface area contributed by atoms with Crippen molar-refractivity contribution < 1.29 is 29.2 Å². The van der Waals surface area contributed by atoms with E-state index in [1.165, 1.54) is 0 Å². The standard InChI is InChI=1S/C18H20O6/c1-21-13-7-3-11(4-8-13)15-17(19)24-16(18(20)23-15)12-5-9-14(22-2)10-6-12/h3-10,15-20H,1-2H3. The third-order valence-electron chi connectivity index (χ3n) is 3.98. The first-order chi connectivity index (χ1) is 11.6. The molecule has 0 aromatic heterocycles. The first kappa shape index (κ1) is 16.7. The van der Waals surface area contributed by atoms with E-state index in [4.69, 9.17) is 18.9 Å². The first-order valence-corrected chi connectivity index (χ1v) is 7.57. The average Bonchev–Trinajstić information content (AvgIpc) is 2.63. The lowest BCUT2D eigenvalue weighted by Crippen LogP contribution is -2.40. The zero-order valence-electron chi connectivity index (χ0n) is 13.5. The number of hydrogen-bond acceptors (Lipinski definition) is 6. The Hall–Kier alpha value is -2.12. The normalized spacial score (nSPS) is 26.8. The summed E-state index contributed by atoms with van der Waals surface area (Å²) in [7, 11) is 3.15. The van der Waals surface area contributed by atoms with Gasteiger partial charge in [-0.2, -0.15) is 0 Å². The maximum absolute atomic E-state index is 10.3. The van der Waals surface area contributed by atoms with Crippen molar-refractivity contribution >= 4 is 0 Å². The average molecular weight is 332 g/mol. The van der Waals surface area contributed by atoms with Gasteiger partial charge in [0.15, 0.2) is 12.6 Å². The molecule has 4 unspecified atom stereocenters. The predicted octanol–water partition coefficient (Wildman–Crippen LogP) is 2.17. The van der Waals surface area contributed by atoms with Crippen molar-refractivity contribution in [3.05, 3.63) is 59.7 Å². The van der Waals surface area contributed by atoms with E-state index in [0.717, 1.165) is 0 Å². The van der Waals surface area contributed by atoms with E-state index in [1.54, 1.807) is 62.8 Å². The van der Waals surface area contributed by atoms with Gasteiger partial charge in [0.05, 0.1) is 14.2 Å². The monoisotopic (exact) mass is 332 g/mol. The van der Waals surface area contributed by atoms with Crippen LogP contribution in [0.5, 0.6) is 11.5 Å². The molecule has 1 fully saturated rings. The first-order valence-electron chi connectivity index (χ1n) is 7.57. The number of methoxy groups -OCH3 is 2. The van der Waals surface area contributed by atoms with E-state index in [9.17, 15) is 10.2 Å². The Bertz CT molecular complexity index is 595. The van der Waals surface area contributed by atoms with Crippen molar-refractivity contribution in [2.24, 2.45) is 0 Å². The Balaban J connectivity index is 1.75. The van der Waals surface area contributed by atoms with Crippen LogP contribution >= 0.6 is 0 Å². The number of aliphatic hydroxyl groups excluding tert-OH is 2. The van der Waals surface area contributed by atoms with E-state index >= 15 is 0 Å². The van der Waals surface area contributed by atoms with Gasteiger partial charge in [0.1, 0.15) is 23.7 Å². The second-order valence-electron chi connectivity index (χ2n) is 5.44. The van der Waals surface area contributed by atoms with Crippen LogP contribution in [0.15, 0.2) is 48.5 Å². The molecule has 2 N–H and O–H groups in total. The van der Waals surface area contributed by atoms with Crippen molar-refractivity contribution in [1.82, 2.24) is 0 Å². The van der Waals surface area contributed by atoms with Gasteiger partial charge in [-0.1, -0.05) is 24.3 Å². The molecule has 1 heterocycles. The summed E-state index contributed by atoms with van der Waals surface area (Å²) in [5.41, 5.74) is 1.38. The molecule has 6 heteroatoms. The Labute approximate surface area is 140 Å². The van der Waals surface area contributed by atoms with Crippen molar-refractivity contribution in [3.63, 3.8) is 0 Å². The Kier molecular flexibility index (Phi) is 5.01. The molecule has 6 nitrogen and oxygen atoms in total. The number of rotatable bonds is 4. The van der Waals surface area contributed by atoms with Gasteiger partial charge in [0.25, 0.3) is 0 Å². The summed E-state index contributed by atoms with van der Waals surface area (Å²) in [6.07, 6.45) is -3.95. The summed E-state index contributed by atoms with van der Waals surface area (Å²) in [4.78, 5) is 0. The molecule has 1 aliphatic heterocycles. The van der Waals surface area contributed by atoms with Gasteiger partial charge >= 0.3 is 0 Å². The smallest absolute Gasteiger partial charge is 0.186 e. The van der Waals surface area contributed by atoms with Crippen LogP contribution in [0.2, 0.25) is 0 Å². The maximum Gasteiger partial charge on any atom is 0.186 e. The fraction of sp³-hybridized carbons (Fsp3) is 0.333. The lowest BCUT2D eigenvalue weighted by molar-refractivity contribution is -0.336. The van der Waals surface area contributed by atoms with Gasteiger partial charge in [0.2, 0.25) is 0 Å². The molecule has 24 heavy (non-hydrogen) atoms. The van der Waals surface area contributed by atoms with Crippen LogP contribution in [0.4, 0.5) is 0 Å². The molecule has 128 valence electrons. The number of aliphatic hydroxyl groups is 2. The summed E-state index contributed by atoms with van der Waals surface area (Å²) in [6.45, 7) is 0. The van der Waals surface area contributed by atoms with Crippen LogP contribution in [0.25, 0.3) is 0 Å². The highest BCUT2D eigenvalue weighted by atomic mass is 16.7. The van der Waals surface area contributed by atoms with Crippen LogP contribution in [0.1, 0.15) is 23.3 Å². The molecule has 0 spiro atoms. The maximum atomic E-state index is 10.3. The van der Waals surface area contributed by atoms with E-state index in [0.29, 0.717) is 22.6 Å². The summed E-state index contributed by atoms with van der Waals surface area (Å²) >= 11 is 0. The molecule has 1 aliphatic rings. The van der Waals surface area contributed by atoms with Crippen molar-refractivity contribution in [2.75, 3.05) is 14.2 Å². The minimum Gasteiger partial charge on any atom is -0.497 e. The molecule has 1 saturated heterocycles. The lowest BCUT2D eigenvalue weighted by Gasteiger charge is -2.37. The summed E-state index contributed by atoms with van der Waals surface area (Å²) in [6, 6.07) is 14.1. The van der Waals surface area contributed by atoms with Crippen LogP contribution < -0.4 is 9.47 Å². The highest BCUT2D eigenvalue weighted by Crippen LogP contribution is 2.37. The molecule has 0 radical (unpaired) electrons. The largest absolute Gasteiger partial charge is 0.497 e. The zero-order valence-corrected chi connectivity index (χ0v) is 13.5. The highest BCUT2D eigenvalue weighted by Gasteiger charge is 2.38. The molecule has 2 aromatic rings. The Morgan fingerprint density at radius 1 is 0.667 bits per heavy atom. The van der Waals surface area contributed by atoms with Gasteiger partial charge in [-0.25, -0.2) is 0 Å².